The minimum atomic E-state index is -0.554. The van der Waals surface area contributed by atoms with Crippen molar-refractivity contribution >= 4 is 5.91 Å². The molecule has 0 saturated heterocycles. The Kier molecular flexibility index (Phi) is 3.97. The summed E-state index contributed by atoms with van der Waals surface area (Å²) in [5.41, 5.74) is 1.36. The summed E-state index contributed by atoms with van der Waals surface area (Å²) in [6.45, 7) is 1.94. The fourth-order valence-electron chi connectivity index (χ4n) is 1.92. The molecule has 0 aliphatic rings. The van der Waals surface area contributed by atoms with Gasteiger partial charge in [0.15, 0.2) is 0 Å². The maximum atomic E-state index is 12.3. The minimum Gasteiger partial charge on any atom is -0.392 e. The molecule has 100 valence electrons. The van der Waals surface area contributed by atoms with Crippen molar-refractivity contribution < 1.29 is 9.90 Å². The number of aliphatic hydroxyl groups excluding tert-OH is 1. The lowest BCUT2D eigenvalue weighted by atomic mass is 10.3. The Balaban J connectivity index is 2.27. The van der Waals surface area contributed by atoms with E-state index in [1.165, 1.54) is 11.1 Å². The number of nitrogens with zero attached hydrogens (tertiary/aromatic N) is 3. The molecular weight excluding hydrogens is 242 g/mol. The highest BCUT2D eigenvalue weighted by Crippen LogP contribution is 2.12. The van der Waals surface area contributed by atoms with Crippen LogP contribution in [0, 0.1) is 0 Å². The first-order valence-electron chi connectivity index (χ1n) is 6.11. The zero-order valence-corrected chi connectivity index (χ0v) is 11.0. The quantitative estimate of drug-likeness (QED) is 0.901. The fraction of sp³-hybridized carbons (Fsp3) is 0.286. The zero-order valence-electron chi connectivity index (χ0n) is 11.0. The van der Waals surface area contributed by atoms with Crippen molar-refractivity contribution in [1.82, 2.24) is 14.5 Å². The Morgan fingerprint density at radius 3 is 2.74 bits per heavy atom. The SMILES string of the molecule is CC(O)CN(C)C(=O)c1cncn1-c1ccccc1. The molecule has 1 aromatic heterocycles. The number of rotatable bonds is 4. The fourth-order valence-corrected chi connectivity index (χ4v) is 1.92. The van der Waals surface area contributed by atoms with Crippen LogP contribution in [0.3, 0.4) is 0 Å². The number of likely N-dealkylation sites (N-methyl/N-ethyl adjacent to an activating group) is 1. The van der Waals surface area contributed by atoms with E-state index >= 15 is 0 Å². The molecule has 2 aromatic rings. The Morgan fingerprint density at radius 2 is 2.11 bits per heavy atom. The molecule has 5 heteroatoms. The van der Waals surface area contributed by atoms with Gasteiger partial charge in [0.1, 0.15) is 5.69 Å². The van der Waals surface area contributed by atoms with Crippen LogP contribution in [0.4, 0.5) is 0 Å². The van der Waals surface area contributed by atoms with E-state index in [1.54, 1.807) is 24.9 Å². The second-order valence-corrected chi connectivity index (χ2v) is 4.52. The Hall–Kier alpha value is -2.14. The first kappa shape index (κ1) is 13.3. The maximum absolute atomic E-state index is 12.3. The highest BCUT2D eigenvalue weighted by molar-refractivity contribution is 5.92. The third-order valence-electron chi connectivity index (χ3n) is 2.78. The predicted molar refractivity (Wildman–Crippen MR) is 72.2 cm³/mol. The molecule has 1 aromatic carbocycles. The Bertz CT molecular complexity index is 549. The molecule has 0 spiro atoms. The summed E-state index contributed by atoms with van der Waals surface area (Å²) >= 11 is 0. The number of hydrogen-bond acceptors (Lipinski definition) is 3. The summed E-state index contributed by atoms with van der Waals surface area (Å²) < 4.78 is 1.74. The molecule has 0 saturated carbocycles. The Labute approximate surface area is 112 Å². The predicted octanol–water partition coefficient (Wildman–Crippen LogP) is 1.33. The van der Waals surface area contributed by atoms with Gasteiger partial charge in [-0.1, -0.05) is 18.2 Å². The van der Waals surface area contributed by atoms with E-state index in [2.05, 4.69) is 4.98 Å². The number of imidazole rings is 1. The van der Waals surface area contributed by atoms with Gasteiger partial charge in [0.2, 0.25) is 0 Å². The number of amides is 1. The van der Waals surface area contributed by atoms with Gasteiger partial charge >= 0.3 is 0 Å². The van der Waals surface area contributed by atoms with Crippen LogP contribution in [0.1, 0.15) is 17.4 Å². The topological polar surface area (TPSA) is 58.4 Å². The van der Waals surface area contributed by atoms with E-state index in [4.69, 9.17) is 0 Å². The molecular formula is C14H17N3O2. The summed E-state index contributed by atoms with van der Waals surface area (Å²) in [6.07, 6.45) is 2.59. The van der Waals surface area contributed by atoms with E-state index in [0.29, 0.717) is 12.2 Å². The molecule has 19 heavy (non-hydrogen) atoms. The summed E-state index contributed by atoms with van der Waals surface area (Å²) in [7, 11) is 1.66. The van der Waals surface area contributed by atoms with E-state index in [9.17, 15) is 9.90 Å². The standard InChI is InChI=1S/C14H17N3O2/c1-11(18)9-16(2)14(19)13-8-15-10-17(13)12-6-4-3-5-7-12/h3-8,10-11,18H,9H2,1-2H3. The molecule has 0 aliphatic heterocycles. The molecule has 1 amide bonds. The van der Waals surface area contributed by atoms with Crippen molar-refractivity contribution in [2.75, 3.05) is 13.6 Å². The van der Waals surface area contributed by atoms with Gasteiger partial charge in [0.05, 0.1) is 18.6 Å². The molecule has 0 aliphatic carbocycles. The number of aliphatic hydroxyl groups is 1. The Morgan fingerprint density at radius 1 is 1.42 bits per heavy atom. The van der Waals surface area contributed by atoms with Crippen molar-refractivity contribution in [3.63, 3.8) is 0 Å². The summed E-state index contributed by atoms with van der Waals surface area (Å²) in [4.78, 5) is 17.8. The van der Waals surface area contributed by atoms with Gasteiger partial charge in [0, 0.05) is 19.3 Å². The normalized spacial score (nSPS) is 12.2. The molecule has 5 nitrogen and oxygen atoms in total. The van der Waals surface area contributed by atoms with Crippen LogP contribution in [0.25, 0.3) is 5.69 Å². The van der Waals surface area contributed by atoms with Crippen molar-refractivity contribution in [2.45, 2.75) is 13.0 Å². The molecule has 1 atom stereocenters. The lowest BCUT2D eigenvalue weighted by molar-refractivity contribution is 0.0696. The van der Waals surface area contributed by atoms with Gasteiger partial charge in [-0.05, 0) is 19.1 Å². The van der Waals surface area contributed by atoms with Crippen molar-refractivity contribution in [2.24, 2.45) is 0 Å². The monoisotopic (exact) mass is 259 g/mol. The molecule has 2 rings (SSSR count). The third-order valence-corrected chi connectivity index (χ3v) is 2.78. The third kappa shape index (κ3) is 3.00. The van der Waals surface area contributed by atoms with Gasteiger partial charge in [-0.2, -0.15) is 0 Å². The lowest BCUT2D eigenvalue weighted by Gasteiger charge is -2.19. The molecule has 0 radical (unpaired) electrons. The summed E-state index contributed by atoms with van der Waals surface area (Å²) in [5, 5.41) is 9.34. The highest BCUT2D eigenvalue weighted by atomic mass is 16.3. The van der Waals surface area contributed by atoms with Crippen LogP contribution in [0.15, 0.2) is 42.9 Å². The van der Waals surface area contributed by atoms with E-state index in [1.807, 2.05) is 30.3 Å². The number of hydrogen-bond donors (Lipinski definition) is 1. The first-order chi connectivity index (χ1) is 9.09. The highest BCUT2D eigenvalue weighted by Gasteiger charge is 2.18. The van der Waals surface area contributed by atoms with Crippen LogP contribution >= 0.6 is 0 Å². The minimum absolute atomic E-state index is 0.165. The van der Waals surface area contributed by atoms with Crippen molar-refractivity contribution in [3.05, 3.63) is 48.5 Å². The van der Waals surface area contributed by atoms with Gasteiger partial charge in [-0.15, -0.1) is 0 Å². The van der Waals surface area contributed by atoms with E-state index in [0.717, 1.165) is 5.69 Å². The van der Waals surface area contributed by atoms with E-state index < -0.39 is 6.10 Å². The van der Waals surface area contributed by atoms with Crippen LogP contribution in [-0.4, -0.2) is 45.2 Å². The van der Waals surface area contributed by atoms with Crippen LogP contribution in [0.2, 0.25) is 0 Å². The average molecular weight is 259 g/mol. The number of carbonyl (C=O) groups is 1. The summed E-state index contributed by atoms with van der Waals surface area (Å²) in [6, 6.07) is 9.55. The van der Waals surface area contributed by atoms with E-state index in [-0.39, 0.29) is 5.91 Å². The van der Waals surface area contributed by atoms with Gasteiger partial charge < -0.3 is 10.0 Å². The smallest absolute Gasteiger partial charge is 0.272 e. The van der Waals surface area contributed by atoms with Crippen LogP contribution in [0.5, 0.6) is 0 Å². The number of aromatic nitrogens is 2. The average Bonchev–Trinajstić information content (AvgIpc) is 2.87. The van der Waals surface area contributed by atoms with Crippen LogP contribution < -0.4 is 0 Å². The lowest BCUT2D eigenvalue weighted by Crippen LogP contribution is -2.34. The number of carbonyl (C=O) groups excluding carboxylic acids is 1. The van der Waals surface area contributed by atoms with Gasteiger partial charge in [-0.25, -0.2) is 4.98 Å². The molecule has 0 bridgehead atoms. The number of para-hydroxylation sites is 1. The van der Waals surface area contributed by atoms with Crippen molar-refractivity contribution in [1.29, 1.82) is 0 Å². The summed E-state index contributed by atoms with van der Waals surface area (Å²) in [5.74, 6) is -0.165. The maximum Gasteiger partial charge on any atom is 0.272 e. The molecule has 1 heterocycles. The van der Waals surface area contributed by atoms with Crippen LogP contribution in [-0.2, 0) is 0 Å². The molecule has 1 N–H and O–H groups in total. The first-order valence-corrected chi connectivity index (χ1v) is 6.11. The largest absolute Gasteiger partial charge is 0.392 e. The molecule has 0 fully saturated rings. The second-order valence-electron chi connectivity index (χ2n) is 4.52. The second kappa shape index (κ2) is 5.67. The van der Waals surface area contributed by atoms with Gasteiger partial charge in [-0.3, -0.25) is 9.36 Å². The van der Waals surface area contributed by atoms with Gasteiger partial charge in [0.25, 0.3) is 5.91 Å². The molecule has 1 unspecified atom stereocenters. The number of benzene rings is 1. The van der Waals surface area contributed by atoms with Crippen molar-refractivity contribution in [3.8, 4) is 5.69 Å². The zero-order chi connectivity index (χ0) is 13.8.